The number of benzene rings is 1. The van der Waals surface area contributed by atoms with Crippen LogP contribution in [-0.2, 0) is 11.2 Å². The van der Waals surface area contributed by atoms with Crippen molar-refractivity contribution in [3.63, 3.8) is 0 Å². The number of nitrogens with one attached hydrogen (secondary N) is 1. The molecule has 0 aromatic heterocycles. The highest BCUT2D eigenvalue weighted by atomic mass is 35.5. The largest absolute Gasteiger partial charge is 0.496 e. The summed E-state index contributed by atoms with van der Waals surface area (Å²) in [5.41, 5.74) is 0.987. The van der Waals surface area contributed by atoms with E-state index in [-0.39, 0.29) is 17.8 Å². The fourth-order valence-electron chi connectivity index (χ4n) is 1.93. The third-order valence-corrected chi connectivity index (χ3v) is 2.93. The molecular formula is C12H14ClNO3. The van der Waals surface area contributed by atoms with Gasteiger partial charge < -0.3 is 14.8 Å². The fourth-order valence-corrected chi connectivity index (χ4v) is 2.00. The second-order valence-corrected chi connectivity index (χ2v) is 4.12. The van der Waals surface area contributed by atoms with E-state index in [0.29, 0.717) is 13.0 Å². The van der Waals surface area contributed by atoms with Crippen molar-refractivity contribution < 1.29 is 14.3 Å². The smallest absolute Gasteiger partial charge is 0.235 e. The average molecular weight is 256 g/mol. The van der Waals surface area contributed by atoms with Crippen LogP contribution in [0.5, 0.6) is 11.5 Å². The number of halogens is 1. The molecule has 1 atom stereocenters. The Morgan fingerprint density at radius 2 is 2.47 bits per heavy atom. The summed E-state index contributed by atoms with van der Waals surface area (Å²) in [5, 5.41) is 2.81. The van der Waals surface area contributed by atoms with Crippen LogP contribution in [0.15, 0.2) is 18.2 Å². The number of carbonyl (C=O) groups excluding carboxylic acids is 1. The van der Waals surface area contributed by atoms with Crippen molar-refractivity contribution in [2.45, 2.75) is 12.5 Å². The van der Waals surface area contributed by atoms with Gasteiger partial charge in [0.2, 0.25) is 5.91 Å². The minimum Gasteiger partial charge on any atom is -0.496 e. The molecular weight excluding hydrogens is 242 g/mol. The van der Waals surface area contributed by atoms with E-state index < -0.39 is 0 Å². The number of alkyl halides is 1. The monoisotopic (exact) mass is 255 g/mol. The Morgan fingerprint density at radius 3 is 3.18 bits per heavy atom. The summed E-state index contributed by atoms with van der Waals surface area (Å²) in [6.45, 7) is 0.461. The molecule has 0 radical (unpaired) electrons. The first-order valence-electron chi connectivity index (χ1n) is 5.38. The van der Waals surface area contributed by atoms with Crippen molar-refractivity contribution in [1.82, 2.24) is 5.32 Å². The van der Waals surface area contributed by atoms with E-state index in [9.17, 15) is 4.79 Å². The van der Waals surface area contributed by atoms with Crippen LogP contribution < -0.4 is 14.8 Å². The van der Waals surface area contributed by atoms with Gasteiger partial charge in [-0.3, -0.25) is 4.79 Å². The van der Waals surface area contributed by atoms with Crippen LogP contribution in [0.1, 0.15) is 5.56 Å². The number of amides is 1. The lowest BCUT2D eigenvalue weighted by molar-refractivity contribution is -0.119. The van der Waals surface area contributed by atoms with Crippen molar-refractivity contribution in [1.29, 1.82) is 0 Å². The topological polar surface area (TPSA) is 47.6 Å². The summed E-state index contributed by atoms with van der Waals surface area (Å²) < 4.78 is 10.9. The highest BCUT2D eigenvalue weighted by molar-refractivity contribution is 6.27. The maximum absolute atomic E-state index is 11.2. The van der Waals surface area contributed by atoms with E-state index in [4.69, 9.17) is 21.1 Å². The van der Waals surface area contributed by atoms with Crippen LogP contribution in [-0.4, -0.2) is 31.5 Å². The van der Waals surface area contributed by atoms with Crippen LogP contribution in [0.2, 0.25) is 0 Å². The van der Waals surface area contributed by atoms with Crippen LogP contribution in [0.25, 0.3) is 0 Å². The van der Waals surface area contributed by atoms with E-state index in [1.807, 2.05) is 18.2 Å². The van der Waals surface area contributed by atoms with Crippen LogP contribution >= 0.6 is 11.6 Å². The number of hydrogen-bond acceptors (Lipinski definition) is 3. The molecule has 1 N–H and O–H groups in total. The number of ether oxygens (including phenoxy) is 2. The van der Waals surface area contributed by atoms with E-state index >= 15 is 0 Å². The first-order chi connectivity index (χ1) is 8.24. The maximum Gasteiger partial charge on any atom is 0.235 e. The Hall–Kier alpha value is -1.42. The molecule has 2 rings (SSSR count). The van der Waals surface area contributed by atoms with Crippen molar-refractivity contribution in [2.75, 3.05) is 19.6 Å². The zero-order valence-corrected chi connectivity index (χ0v) is 10.3. The summed E-state index contributed by atoms with van der Waals surface area (Å²) >= 11 is 5.45. The summed E-state index contributed by atoms with van der Waals surface area (Å²) in [6, 6.07) is 5.62. The van der Waals surface area contributed by atoms with Gasteiger partial charge in [0, 0.05) is 12.0 Å². The predicted octanol–water partition coefficient (Wildman–Crippen LogP) is 1.35. The number of methoxy groups -OCH3 is 1. The highest BCUT2D eigenvalue weighted by Crippen LogP contribution is 2.32. The van der Waals surface area contributed by atoms with Gasteiger partial charge in [-0.05, 0) is 12.1 Å². The first kappa shape index (κ1) is 12.0. The van der Waals surface area contributed by atoms with E-state index in [1.165, 1.54) is 0 Å². The molecule has 5 heteroatoms. The quantitative estimate of drug-likeness (QED) is 0.830. The van der Waals surface area contributed by atoms with E-state index in [0.717, 1.165) is 17.1 Å². The van der Waals surface area contributed by atoms with Crippen LogP contribution in [0, 0.1) is 0 Å². The Labute approximate surface area is 105 Å². The molecule has 4 nitrogen and oxygen atoms in total. The number of carbonyl (C=O) groups is 1. The van der Waals surface area contributed by atoms with Gasteiger partial charge in [-0.15, -0.1) is 11.6 Å². The molecule has 1 aliphatic rings. The molecule has 1 amide bonds. The number of hydrogen-bond donors (Lipinski definition) is 1. The molecule has 0 spiro atoms. The van der Waals surface area contributed by atoms with Crippen molar-refractivity contribution >= 4 is 17.5 Å². The number of rotatable bonds is 3. The zero-order chi connectivity index (χ0) is 12.3. The summed E-state index contributed by atoms with van der Waals surface area (Å²) in [6.07, 6.45) is 0.696. The zero-order valence-electron chi connectivity index (χ0n) is 9.53. The van der Waals surface area contributed by atoms with Crippen molar-refractivity contribution in [3.05, 3.63) is 23.8 Å². The van der Waals surface area contributed by atoms with Gasteiger partial charge in [0.05, 0.1) is 13.2 Å². The molecule has 0 bridgehead atoms. The second-order valence-electron chi connectivity index (χ2n) is 3.85. The van der Waals surface area contributed by atoms with Crippen molar-refractivity contribution in [2.24, 2.45) is 0 Å². The third kappa shape index (κ3) is 2.64. The van der Waals surface area contributed by atoms with Gasteiger partial charge >= 0.3 is 0 Å². The molecule has 0 aliphatic carbocycles. The van der Waals surface area contributed by atoms with E-state index in [2.05, 4.69) is 5.32 Å². The molecule has 0 saturated carbocycles. The Bertz CT molecular complexity index is 408. The second kappa shape index (κ2) is 5.27. The average Bonchev–Trinajstić information content (AvgIpc) is 2.37. The van der Waals surface area contributed by atoms with Crippen LogP contribution in [0.3, 0.4) is 0 Å². The molecule has 1 heterocycles. The third-order valence-electron chi connectivity index (χ3n) is 2.69. The van der Waals surface area contributed by atoms with Gasteiger partial charge in [-0.1, -0.05) is 6.07 Å². The molecule has 1 unspecified atom stereocenters. The van der Waals surface area contributed by atoms with Gasteiger partial charge in [0.15, 0.2) is 0 Å². The maximum atomic E-state index is 11.2. The summed E-state index contributed by atoms with van der Waals surface area (Å²) in [4.78, 5) is 11.2. The standard InChI is InChI=1S/C12H14ClNO3/c1-16-10-3-2-4-11-9(10)5-8(7-17-11)14-12(15)6-13/h2-4,8H,5-7H2,1H3,(H,14,15). The molecule has 1 aromatic rings. The first-order valence-corrected chi connectivity index (χ1v) is 5.92. The molecule has 92 valence electrons. The summed E-state index contributed by atoms with van der Waals surface area (Å²) in [7, 11) is 1.62. The predicted molar refractivity (Wildman–Crippen MR) is 64.8 cm³/mol. The molecule has 1 aromatic carbocycles. The van der Waals surface area contributed by atoms with Crippen molar-refractivity contribution in [3.8, 4) is 11.5 Å². The molecule has 0 saturated heterocycles. The minimum absolute atomic E-state index is 0.0325. The lowest BCUT2D eigenvalue weighted by Gasteiger charge is -2.27. The van der Waals surface area contributed by atoms with Gasteiger partial charge in [-0.2, -0.15) is 0 Å². The summed E-state index contributed by atoms with van der Waals surface area (Å²) in [5.74, 6) is 1.39. The number of fused-ring (bicyclic) bond motifs is 1. The molecule has 0 fully saturated rings. The highest BCUT2D eigenvalue weighted by Gasteiger charge is 2.23. The Kier molecular flexibility index (Phi) is 3.74. The lowest BCUT2D eigenvalue weighted by atomic mass is 10.0. The lowest BCUT2D eigenvalue weighted by Crippen LogP contribution is -2.43. The van der Waals surface area contributed by atoms with E-state index in [1.54, 1.807) is 7.11 Å². The van der Waals surface area contributed by atoms with Crippen LogP contribution in [0.4, 0.5) is 0 Å². The Balaban J connectivity index is 2.14. The normalized spacial score (nSPS) is 17.9. The fraction of sp³-hybridized carbons (Fsp3) is 0.417. The SMILES string of the molecule is COc1cccc2c1CC(NC(=O)CCl)CO2. The minimum atomic E-state index is -0.182. The molecule has 1 aliphatic heterocycles. The van der Waals surface area contributed by atoms with Gasteiger partial charge in [0.25, 0.3) is 0 Å². The van der Waals surface area contributed by atoms with Gasteiger partial charge in [0.1, 0.15) is 24.0 Å². The molecule has 17 heavy (non-hydrogen) atoms. The van der Waals surface area contributed by atoms with Gasteiger partial charge in [-0.25, -0.2) is 0 Å². The Morgan fingerprint density at radius 1 is 1.65 bits per heavy atom.